The molecule has 2 saturated heterocycles. The Kier molecular flexibility index (Phi) is 2.74. The second-order valence-corrected chi connectivity index (χ2v) is 4.34. The number of hydrogen-bond donors (Lipinski definition) is 0. The van der Waals surface area contributed by atoms with E-state index < -0.39 is 0 Å². The molecule has 1 amide bonds. The lowest BCUT2D eigenvalue weighted by Crippen LogP contribution is -2.44. The van der Waals surface area contributed by atoms with Gasteiger partial charge < -0.3 is 9.64 Å². The van der Waals surface area contributed by atoms with Crippen LogP contribution in [0.4, 0.5) is 0 Å². The molecule has 14 heavy (non-hydrogen) atoms. The summed E-state index contributed by atoms with van der Waals surface area (Å²) in [6.07, 6.45) is 2.53. The van der Waals surface area contributed by atoms with Gasteiger partial charge in [-0.25, -0.2) is 0 Å². The number of ether oxygens (including phenoxy) is 1. The Labute approximate surface area is 84.8 Å². The molecule has 0 aromatic carbocycles. The van der Waals surface area contributed by atoms with Crippen molar-refractivity contribution in [2.75, 3.05) is 33.8 Å². The lowest BCUT2D eigenvalue weighted by Gasteiger charge is -2.25. The molecular weight excluding hydrogens is 180 g/mol. The summed E-state index contributed by atoms with van der Waals surface area (Å²) < 4.78 is 5.19. The Bertz CT molecular complexity index is 226. The number of likely N-dealkylation sites (N-methyl/N-ethyl adjacent to an activating group) is 1. The van der Waals surface area contributed by atoms with Crippen molar-refractivity contribution >= 4 is 5.91 Å². The Morgan fingerprint density at radius 2 is 2.29 bits per heavy atom. The number of nitrogens with zero attached hydrogens (tertiary/aromatic N) is 2. The minimum Gasteiger partial charge on any atom is -0.372 e. The quantitative estimate of drug-likeness (QED) is 0.596. The van der Waals surface area contributed by atoms with Crippen molar-refractivity contribution in [2.24, 2.45) is 0 Å². The Hall–Kier alpha value is -0.610. The van der Waals surface area contributed by atoms with Gasteiger partial charge in [-0.3, -0.25) is 9.69 Å². The van der Waals surface area contributed by atoms with E-state index in [4.69, 9.17) is 4.74 Å². The minimum absolute atomic E-state index is 0.106. The predicted octanol–water partition coefficient (Wildman–Crippen LogP) is -0.0622. The van der Waals surface area contributed by atoms with Crippen molar-refractivity contribution in [3.8, 4) is 0 Å². The van der Waals surface area contributed by atoms with Crippen molar-refractivity contribution in [1.82, 2.24) is 9.80 Å². The third-order valence-electron chi connectivity index (χ3n) is 2.93. The highest BCUT2D eigenvalue weighted by Crippen LogP contribution is 2.22. The molecule has 2 aliphatic rings. The molecule has 4 nitrogen and oxygen atoms in total. The van der Waals surface area contributed by atoms with E-state index >= 15 is 0 Å². The number of carbonyl (C=O) groups excluding carboxylic acids is 1. The molecule has 2 atom stereocenters. The van der Waals surface area contributed by atoms with E-state index in [-0.39, 0.29) is 11.9 Å². The predicted molar refractivity (Wildman–Crippen MR) is 53.0 cm³/mol. The molecule has 0 spiro atoms. The van der Waals surface area contributed by atoms with Crippen LogP contribution >= 0.6 is 0 Å². The maximum absolute atomic E-state index is 11.8. The van der Waals surface area contributed by atoms with Crippen molar-refractivity contribution in [2.45, 2.75) is 25.0 Å². The third-order valence-corrected chi connectivity index (χ3v) is 2.93. The molecule has 2 aliphatic heterocycles. The summed E-state index contributed by atoms with van der Waals surface area (Å²) in [5.41, 5.74) is 0. The van der Waals surface area contributed by atoms with Crippen LogP contribution in [0.3, 0.4) is 0 Å². The van der Waals surface area contributed by atoms with Crippen molar-refractivity contribution in [1.29, 1.82) is 0 Å². The zero-order valence-corrected chi connectivity index (χ0v) is 8.90. The van der Waals surface area contributed by atoms with E-state index in [9.17, 15) is 4.79 Å². The Balaban J connectivity index is 1.91. The van der Waals surface area contributed by atoms with Gasteiger partial charge in [-0.1, -0.05) is 0 Å². The fourth-order valence-electron chi connectivity index (χ4n) is 2.06. The average Bonchev–Trinajstić information content (AvgIpc) is 2.82. The third kappa shape index (κ3) is 2.07. The minimum atomic E-state index is 0.106. The van der Waals surface area contributed by atoms with E-state index in [0.29, 0.717) is 6.10 Å². The molecule has 0 saturated carbocycles. The average molecular weight is 198 g/mol. The van der Waals surface area contributed by atoms with Crippen LogP contribution in [0.5, 0.6) is 0 Å². The van der Waals surface area contributed by atoms with Gasteiger partial charge in [-0.2, -0.15) is 0 Å². The van der Waals surface area contributed by atoms with E-state index in [1.807, 2.05) is 14.1 Å². The number of carbonyl (C=O) groups is 1. The van der Waals surface area contributed by atoms with Gasteiger partial charge in [-0.05, 0) is 19.4 Å². The normalized spacial score (nSPS) is 31.9. The van der Waals surface area contributed by atoms with Crippen LogP contribution in [0, 0.1) is 0 Å². The fraction of sp³-hybridized carbons (Fsp3) is 0.900. The van der Waals surface area contributed by atoms with Crippen molar-refractivity contribution in [3.63, 3.8) is 0 Å². The molecular formula is C10H18N2O2. The summed E-state index contributed by atoms with van der Waals surface area (Å²) in [5.74, 6) is 0.239. The maximum Gasteiger partial charge on any atom is 0.239 e. The van der Waals surface area contributed by atoms with Crippen LogP contribution in [0.1, 0.15) is 12.8 Å². The first kappa shape index (κ1) is 9.93. The summed E-state index contributed by atoms with van der Waals surface area (Å²) >= 11 is 0. The molecule has 0 aromatic rings. The molecule has 80 valence electrons. The molecule has 0 radical (unpaired) electrons. The number of likely N-dealkylation sites (tertiary alicyclic amines) is 1. The summed E-state index contributed by atoms with van der Waals surface area (Å²) in [5, 5.41) is 0. The van der Waals surface area contributed by atoms with Crippen LogP contribution in [0.25, 0.3) is 0 Å². The van der Waals surface area contributed by atoms with Crippen LogP contribution in [-0.2, 0) is 9.53 Å². The van der Waals surface area contributed by atoms with Gasteiger partial charge >= 0.3 is 0 Å². The number of rotatable bonds is 3. The monoisotopic (exact) mass is 198 g/mol. The van der Waals surface area contributed by atoms with Crippen molar-refractivity contribution in [3.05, 3.63) is 0 Å². The second kappa shape index (κ2) is 3.87. The molecule has 2 heterocycles. The van der Waals surface area contributed by atoms with Gasteiger partial charge in [0.15, 0.2) is 0 Å². The highest BCUT2D eigenvalue weighted by Gasteiger charge is 2.35. The fourth-order valence-corrected chi connectivity index (χ4v) is 2.06. The largest absolute Gasteiger partial charge is 0.372 e. The van der Waals surface area contributed by atoms with E-state index in [2.05, 4.69) is 4.90 Å². The first-order chi connectivity index (χ1) is 6.68. The first-order valence-corrected chi connectivity index (χ1v) is 5.25. The maximum atomic E-state index is 11.8. The van der Waals surface area contributed by atoms with Gasteiger partial charge in [-0.15, -0.1) is 0 Å². The lowest BCUT2D eigenvalue weighted by molar-refractivity contribution is -0.133. The summed E-state index contributed by atoms with van der Waals surface area (Å²) in [4.78, 5) is 15.8. The van der Waals surface area contributed by atoms with E-state index in [1.54, 1.807) is 4.90 Å². The molecule has 0 N–H and O–H groups in total. The zero-order valence-electron chi connectivity index (χ0n) is 8.90. The summed E-state index contributed by atoms with van der Waals surface area (Å²) in [6.45, 7) is 2.85. The van der Waals surface area contributed by atoms with Gasteiger partial charge in [0, 0.05) is 20.6 Å². The van der Waals surface area contributed by atoms with Gasteiger partial charge in [0.25, 0.3) is 0 Å². The summed E-state index contributed by atoms with van der Waals surface area (Å²) in [6, 6.07) is 0.106. The molecule has 2 fully saturated rings. The molecule has 0 unspecified atom stereocenters. The standard InChI is InChI=1S/C10H18N2O2/c1-11(2)10(13)9-4-3-5-12(9)6-8-7-14-8/h8-9H,3-7H2,1-2H3/t8-,9+/m1/s1. The van der Waals surface area contributed by atoms with Crippen LogP contribution < -0.4 is 0 Å². The van der Waals surface area contributed by atoms with Gasteiger partial charge in [0.2, 0.25) is 5.91 Å². The Morgan fingerprint density at radius 3 is 2.86 bits per heavy atom. The van der Waals surface area contributed by atoms with Crippen LogP contribution in [0.15, 0.2) is 0 Å². The molecule has 0 bridgehead atoms. The highest BCUT2D eigenvalue weighted by atomic mass is 16.6. The smallest absolute Gasteiger partial charge is 0.239 e. The lowest BCUT2D eigenvalue weighted by atomic mass is 10.2. The molecule has 2 rings (SSSR count). The topological polar surface area (TPSA) is 36.1 Å². The SMILES string of the molecule is CN(C)C(=O)[C@@H]1CCCN1C[C@@H]1CO1. The molecule has 4 heteroatoms. The summed E-state index contributed by atoms with van der Waals surface area (Å²) in [7, 11) is 3.65. The molecule has 0 aliphatic carbocycles. The first-order valence-electron chi connectivity index (χ1n) is 5.25. The Morgan fingerprint density at radius 1 is 1.57 bits per heavy atom. The van der Waals surface area contributed by atoms with Crippen LogP contribution in [-0.4, -0.2) is 61.6 Å². The van der Waals surface area contributed by atoms with Gasteiger partial charge in [0.1, 0.15) is 0 Å². The second-order valence-electron chi connectivity index (χ2n) is 4.34. The zero-order chi connectivity index (χ0) is 10.1. The van der Waals surface area contributed by atoms with Crippen LogP contribution in [0.2, 0.25) is 0 Å². The van der Waals surface area contributed by atoms with Crippen molar-refractivity contribution < 1.29 is 9.53 Å². The van der Waals surface area contributed by atoms with E-state index in [1.165, 1.54) is 0 Å². The number of epoxide rings is 1. The van der Waals surface area contributed by atoms with Gasteiger partial charge in [0.05, 0.1) is 18.8 Å². The number of amides is 1. The molecule has 0 aromatic heterocycles. The van der Waals surface area contributed by atoms with E-state index in [0.717, 1.165) is 32.5 Å². The number of hydrogen-bond acceptors (Lipinski definition) is 3. The highest BCUT2D eigenvalue weighted by molar-refractivity contribution is 5.81.